The molecule has 1 aliphatic rings. The number of hydroxylamine groups is 1. The number of benzene rings is 2. The zero-order valence-corrected chi connectivity index (χ0v) is 19.3. The van der Waals surface area contributed by atoms with Crippen LogP contribution in [0.4, 0.5) is 13.2 Å². The third kappa shape index (κ3) is 5.67. The molecule has 1 heterocycles. The van der Waals surface area contributed by atoms with Crippen molar-refractivity contribution in [2.24, 2.45) is 0 Å². The highest BCUT2D eigenvalue weighted by molar-refractivity contribution is 7.89. The van der Waals surface area contributed by atoms with E-state index < -0.39 is 33.4 Å². The standard InChI is InChI=1S/C22H27F3N2O5S/c1-15-13-27(20(12-26-28)21(2,3)32-15)33(29,30)18-10-8-17(9-11-18)31-14-16-6-4-5-7-19(16)22(23,24)25/h4-11,15,20,26,28H,12-14H2,1-3H3/t15-,20-/m0/s1. The van der Waals surface area contributed by atoms with Gasteiger partial charge in [-0.05, 0) is 51.1 Å². The van der Waals surface area contributed by atoms with E-state index in [1.807, 2.05) is 5.48 Å². The van der Waals surface area contributed by atoms with Gasteiger partial charge in [-0.1, -0.05) is 18.2 Å². The first-order valence-electron chi connectivity index (χ1n) is 10.3. The largest absolute Gasteiger partial charge is 0.489 e. The van der Waals surface area contributed by atoms with Gasteiger partial charge in [0.2, 0.25) is 10.0 Å². The van der Waals surface area contributed by atoms with E-state index in [1.54, 1.807) is 20.8 Å². The number of rotatable bonds is 7. The summed E-state index contributed by atoms with van der Waals surface area (Å²) in [6, 6.07) is 9.93. The normalized spacial score (nSPS) is 21.7. The molecule has 11 heteroatoms. The van der Waals surface area contributed by atoms with Gasteiger partial charge in [-0.3, -0.25) is 0 Å². The molecule has 1 fully saturated rings. The molecule has 7 nitrogen and oxygen atoms in total. The van der Waals surface area contributed by atoms with Crippen LogP contribution in [0.1, 0.15) is 31.9 Å². The quantitative estimate of drug-likeness (QED) is 0.577. The minimum atomic E-state index is -4.50. The topological polar surface area (TPSA) is 88.1 Å². The van der Waals surface area contributed by atoms with Crippen molar-refractivity contribution in [2.45, 2.75) is 56.2 Å². The van der Waals surface area contributed by atoms with Crippen molar-refractivity contribution in [2.75, 3.05) is 13.1 Å². The number of halogens is 3. The number of nitrogens with one attached hydrogen (secondary N) is 1. The summed E-state index contributed by atoms with van der Waals surface area (Å²) in [5, 5.41) is 9.22. The Morgan fingerprint density at radius 2 is 1.82 bits per heavy atom. The first-order chi connectivity index (χ1) is 15.4. The molecule has 0 aromatic heterocycles. The van der Waals surface area contributed by atoms with Crippen LogP contribution in [-0.4, -0.2) is 48.8 Å². The molecule has 0 spiro atoms. The lowest BCUT2D eigenvalue weighted by Crippen LogP contribution is -2.63. The lowest BCUT2D eigenvalue weighted by Gasteiger charge is -2.47. The van der Waals surface area contributed by atoms with E-state index >= 15 is 0 Å². The summed E-state index contributed by atoms with van der Waals surface area (Å²) in [7, 11) is -3.95. The van der Waals surface area contributed by atoms with Crippen molar-refractivity contribution in [1.82, 2.24) is 9.79 Å². The van der Waals surface area contributed by atoms with E-state index in [1.165, 1.54) is 46.8 Å². The number of sulfonamides is 1. The molecule has 1 aliphatic heterocycles. The van der Waals surface area contributed by atoms with Gasteiger partial charge < -0.3 is 14.7 Å². The smallest absolute Gasteiger partial charge is 0.416 e. The van der Waals surface area contributed by atoms with Gasteiger partial charge in [0.25, 0.3) is 0 Å². The van der Waals surface area contributed by atoms with Crippen LogP contribution in [0.3, 0.4) is 0 Å². The Kier molecular flexibility index (Phi) is 7.39. The Hall–Kier alpha value is -2.18. The number of nitrogens with zero attached hydrogens (tertiary/aromatic N) is 1. The van der Waals surface area contributed by atoms with Crippen LogP contribution >= 0.6 is 0 Å². The second kappa shape index (κ2) is 9.59. The van der Waals surface area contributed by atoms with Crippen LogP contribution in [0.2, 0.25) is 0 Å². The van der Waals surface area contributed by atoms with Crippen LogP contribution < -0.4 is 10.2 Å². The Morgan fingerprint density at radius 1 is 1.18 bits per heavy atom. The number of hydrogen-bond acceptors (Lipinski definition) is 6. The van der Waals surface area contributed by atoms with Crippen LogP contribution in [0.15, 0.2) is 53.4 Å². The van der Waals surface area contributed by atoms with Crippen LogP contribution in [0.5, 0.6) is 5.75 Å². The van der Waals surface area contributed by atoms with Gasteiger partial charge >= 0.3 is 6.18 Å². The Balaban J connectivity index is 1.79. The maximum atomic E-state index is 13.3. The fourth-order valence-electron chi connectivity index (χ4n) is 3.99. The summed E-state index contributed by atoms with van der Waals surface area (Å²) in [5.41, 5.74) is 0.377. The molecular formula is C22H27F3N2O5S. The van der Waals surface area contributed by atoms with E-state index in [4.69, 9.17) is 9.47 Å². The van der Waals surface area contributed by atoms with Crippen molar-refractivity contribution in [3.8, 4) is 5.75 Å². The molecule has 2 atom stereocenters. The monoisotopic (exact) mass is 488 g/mol. The van der Waals surface area contributed by atoms with Crippen molar-refractivity contribution in [3.63, 3.8) is 0 Å². The highest BCUT2D eigenvalue weighted by atomic mass is 32.2. The molecule has 1 saturated heterocycles. The summed E-state index contributed by atoms with van der Waals surface area (Å²) in [4.78, 5) is -0.00150. The molecule has 2 N–H and O–H groups in total. The minimum absolute atomic E-state index is 0.00150. The molecule has 0 aliphatic carbocycles. The second-order valence-electron chi connectivity index (χ2n) is 8.40. The van der Waals surface area contributed by atoms with Crippen molar-refractivity contribution < 1.29 is 36.3 Å². The van der Waals surface area contributed by atoms with E-state index in [9.17, 15) is 26.8 Å². The van der Waals surface area contributed by atoms with E-state index in [0.29, 0.717) is 0 Å². The number of ether oxygens (including phenoxy) is 2. The molecule has 2 aromatic carbocycles. The van der Waals surface area contributed by atoms with Crippen LogP contribution in [-0.2, 0) is 27.5 Å². The summed E-state index contributed by atoms with van der Waals surface area (Å²) in [6.45, 7) is 5.03. The fraction of sp³-hybridized carbons (Fsp3) is 0.455. The molecule has 33 heavy (non-hydrogen) atoms. The number of morpholine rings is 1. The molecule has 0 amide bonds. The van der Waals surface area contributed by atoms with Gasteiger partial charge in [-0.2, -0.15) is 17.5 Å². The van der Waals surface area contributed by atoms with Gasteiger partial charge in [-0.25, -0.2) is 13.9 Å². The number of hydrogen-bond donors (Lipinski definition) is 2. The van der Waals surface area contributed by atoms with Crippen molar-refractivity contribution in [3.05, 3.63) is 59.7 Å². The van der Waals surface area contributed by atoms with Gasteiger partial charge in [0, 0.05) is 18.7 Å². The van der Waals surface area contributed by atoms with Crippen molar-refractivity contribution >= 4 is 10.0 Å². The SMILES string of the molecule is C[C@H]1CN(S(=O)(=O)c2ccc(OCc3ccccc3C(F)(F)F)cc2)[C@@H](CNO)C(C)(C)O1. The average Bonchev–Trinajstić information content (AvgIpc) is 2.73. The van der Waals surface area contributed by atoms with Gasteiger partial charge in [0.05, 0.1) is 28.2 Å². The molecule has 0 radical (unpaired) electrons. The van der Waals surface area contributed by atoms with Gasteiger partial charge in [-0.15, -0.1) is 0 Å². The maximum Gasteiger partial charge on any atom is 0.416 e. The minimum Gasteiger partial charge on any atom is -0.489 e. The van der Waals surface area contributed by atoms with Crippen LogP contribution in [0.25, 0.3) is 0 Å². The second-order valence-corrected chi connectivity index (χ2v) is 10.3. The lowest BCUT2D eigenvalue weighted by atomic mass is 9.96. The van der Waals surface area contributed by atoms with Crippen LogP contribution in [0, 0.1) is 0 Å². The van der Waals surface area contributed by atoms with E-state index in [0.717, 1.165) is 6.07 Å². The lowest BCUT2D eigenvalue weighted by molar-refractivity contribution is -0.145. The highest BCUT2D eigenvalue weighted by Gasteiger charge is 2.46. The molecule has 0 saturated carbocycles. The third-order valence-corrected chi connectivity index (χ3v) is 7.41. The first kappa shape index (κ1) is 25.4. The predicted molar refractivity (Wildman–Crippen MR) is 114 cm³/mol. The van der Waals surface area contributed by atoms with E-state index in [2.05, 4.69) is 0 Å². The Morgan fingerprint density at radius 3 is 2.42 bits per heavy atom. The van der Waals surface area contributed by atoms with Crippen molar-refractivity contribution in [1.29, 1.82) is 0 Å². The molecule has 182 valence electrons. The summed E-state index contributed by atoms with van der Waals surface area (Å²) in [5.74, 6) is 0.232. The third-order valence-electron chi connectivity index (χ3n) is 5.52. The molecule has 0 bridgehead atoms. The van der Waals surface area contributed by atoms with Gasteiger partial charge in [0.15, 0.2) is 0 Å². The zero-order valence-electron chi connectivity index (χ0n) is 18.5. The predicted octanol–water partition coefficient (Wildman–Crippen LogP) is 3.82. The molecule has 2 aromatic rings. The van der Waals surface area contributed by atoms with E-state index in [-0.39, 0.29) is 42.0 Å². The van der Waals surface area contributed by atoms with Gasteiger partial charge in [0.1, 0.15) is 12.4 Å². The molecular weight excluding hydrogens is 461 g/mol. The Bertz CT molecular complexity index is 1060. The maximum absolute atomic E-state index is 13.3. The average molecular weight is 489 g/mol. The summed E-state index contributed by atoms with van der Waals surface area (Å²) in [6.07, 6.45) is -4.86. The Labute approximate surface area is 191 Å². The molecule has 0 unspecified atom stereocenters. The number of alkyl halides is 3. The molecule has 3 rings (SSSR count). The summed E-state index contributed by atoms with van der Waals surface area (Å²) >= 11 is 0. The first-order valence-corrected chi connectivity index (χ1v) is 11.7. The zero-order chi connectivity index (χ0) is 24.4. The highest BCUT2D eigenvalue weighted by Crippen LogP contribution is 2.34. The fourth-order valence-corrected chi connectivity index (χ4v) is 5.81. The summed E-state index contributed by atoms with van der Waals surface area (Å²) < 4.78 is 78.8.